The number of hydrogen-bond donors (Lipinski definition) is 0. The SMILES string of the molecule is O=C(c1sc2cc(Cl)ccc2c1Cl)N1CCN(S(=O)(=O)Cc2ccccc2)CC1. The van der Waals surface area contributed by atoms with Gasteiger partial charge in [-0.2, -0.15) is 4.31 Å². The van der Waals surface area contributed by atoms with E-state index in [2.05, 4.69) is 0 Å². The van der Waals surface area contributed by atoms with E-state index in [-0.39, 0.29) is 24.7 Å². The van der Waals surface area contributed by atoms with Crippen LogP contribution in [0.15, 0.2) is 48.5 Å². The van der Waals surface area contributed by atoms with E-state index in [1.54, 1.807) is 35.2 Å². The molecule has 1 saturated heterocycles. The van der Waals surface area contributed by atoms with Crippen LogP contribution in [-0.4, -0.2) is 49.7 Å². The summed E-state index contributed by atoms with van der Waals surface area (Å²) < 4.78 is 27.7. The lowest BCUT2D eigenvalue weighted by Gasteiger charge is -2.33. The van der Waals surface area contributed by atoms with Crippen LogP contribution >= 0.6 is 34.5 Å². The molecule has 0 spiro atoms. The standard InChI is InChI=1S/C20H18Cl2N2O3S2/c21-15-6-7-16-17(12-15)28-19(18(16)22)20(25)23-8-10-24(11-9-23)29(26,27)13-14-4-2-1-3-5-14/h1-7,12H,8-11,13H2. The van der Waals surface area contributed by atoms with Gasteiger partial charge in [0.05, 0.1) is 10.8 Å². The summed E-state index contributed by atoms with van der Waals surface area (Å²) in [4.78, 5) is 15.1. The molecule has 0 atom stereocenters. The first-order chi connectivity index (χ1) is 13.8. The molecule has 2 aromatic carbocycles. The fourth-order valence-electron chi connectivity index (χ4n) is 3.37. The Bertz CT molecular complexity index is 1160. The largest absolute Gasteiger partial charge is 0.335 e. The van der Waals surface area contributed by atoms with Crippen molar-refractivity contribution in [2.75, 3.05) is 26.2 Å². The van der Waals surface area contributed by atoms with E-state index in [4.69, 9.17) is 23.2 Å². The Morgan fingerprint density at radius 1 is 1.00 bits per heavy atom. The smallest absolute Gasteiger partial charge is 0.265 e. The molecule has 1 amide bonds. The Kier molecular flexibility index (Phi) is 5.86. The molecule has 0 radical (unpaired) electrons. The quantitative estimate of drug-likeness (QED) is 0.566. The molecular formula is C20H18Cl2N2O3S2. The monoisotopic (exact) mass is 468 g/mol. The average molecular weight is 469 g/mol. The van der Waals surface area contributed by atoms with Crippen LogP contribution in [-0.2, 0) is 15.8 Å². The summed E-state index contributed by atoms with van der Waals surface area (Å²) in [6.45, 7) is 1.21. The third-order valence-electron chi connectivity index (χ3n) is 4.90. The minimum Gasteiger partial charge on any atom is -0.335 e. The Balaban J connectivity index is 1.45. The zero-order chi connectivity index (χ0) is 20.6. The van der Waals surface area contributed by atoms with E-state index < -0.39 is 10.0 Å². The van der Waals surface area contributed by atoms with Gasteiger partial charge in [0.25, 0.3) is 5.91 Å². The molecule has 1 aliphatic heterocycles. The van der Waals surface area contributed by atoms with Gasteiger partial charge in [-0.05, 0) is 17.7 Å². The molecule has 1 aromatic heterocycles. The maximum atomic E-state index is 13.0. The average Bonchev–Trinajstić information content (AvgIpc) is 3.03. The van der Waals surface area contributed by atoms with Gasteiger partial charge in [0.2, 0.25) is 10.0 Å². The molecule has 1 fully saturated rings. The number of fused-ring (bicyclic) bond motifs is 1. The molecule has 0 saturated carbocycles. The fourth-order valence-corrected chi connectivity index (χ4v) is 6.64. The van der Waals surface area contributed by atoms with Gasteiger partial charge in [0.15, 0.2) is 0 Å². The summed E-state index contributed by atoms with van der Waals surface area (Å²) in [5, 5.41) is 1.81. The molecule has 0 aliphatic carbocycles. The molecule has 152 valence electrons. The van der Waals surface area contributed by atoms with Crippen molar-refractivity contribution in [3.8, 4) is 0 Å². The lowest BCUT2D eigenvalue weighted by atomic mass is 10.2. The normalized spacial score (nSPS) is 15.7. The summed E-state index contributed by atoms with van der Waals surface area (Å²) >= 11 is 13.8. The van der Waals surface area contributed by atoms with Crippen molar-refractivity contribution in [1.82, 2.24) is 9.21 Å². The summed E-state index contributed by atoms with van der Waals surface area (Å²) in [5.74, 6) is -0.211. The first-order valence-corrected chi connectivity index (χ1v) is 12.2. The van der Waals surface area contributed by atoms with Crippen molar-refractivity contribution < 1.29 is 13.2 Å². The number of thiophene rings is 1. The molecule has 29 heavy (non-hydrogen) atoms. The molecular weight excluding hydrogens is 451 g/mol. The van der Waals surface area contributed by atoms with Crippen LogP contribution in [0.3, 0.4) is 0 Å². The molecule has 0 N–H and O–H groups in total. The Morgan fingerprint density at radius 3 is 2.38 bits per heavy atom. The highest BCUT2D eigenvalue weighted by Gasteiger charge is 2.31. The van der Waals surface area contributed by atoms with E-state index in [1.165, 1.54) is 15.6 Å². The lowest BCUT2D eigenvalue weighted by Crippen LogP contribution is -2.50. The lowest BCUT2D eigenvalue weighted by molar-refractivity contribution is 0.0703. The summed E-state index contributed by atoms with van der Waals surface area (Å²) in [6, 6.07) is 14.4. The molecule has 9 heteroatoms. The van der Waals surface area contributed by atoms with Crippen LogP contribution in [0.1, 0.15) is 15.2 Å². The van der Waals surface area contributed by atoms with Gasteiger partial charge in [-0.3, -0.25) is 4.79 Å². The topological polar surface area (TPSA) is 57.7 Å². The minimum absolute atomic E-state index is 0.0370. The number of halogens is 2. The van der Waals surface area contributed by atoms with E-state index in [0.29, 0.717) is 28.0 Å². The molecule has 4 rings (SSSR count). The van der Waals surface area contributed by atoms with Crippen LogP contribution in [0.25, 0.3) is 10.1 Å². The highest BCUT2D eigenvalue weighted by molar-refractivity contribution is 7.88. The summed E-state index contributed by atoms with van der Waals surface area (Å²) in [7, 11) is -3.43. The van der Waals surface area contributed by atoms with E-state index in [1.807, 2.05) is 18.2 Å². The number of carbonyl (C=O) groups excluding carboxylic acids is 1. The molecule has 0 bridgehead atoms. The van der Waals surface area contributed by atoms with E-state index >= 15 is 0 Å². The molecule has 3 aromatic rings. The van der Waals surface area contributed by atoms with Gasteiger partial charge in [-0.25, -0.2) is 8.42 Å². The van der Waals surface area contributed by atoms with Gasteiger partial charge < -0.3 is 4.90 Å². The number of benzene rings is 2. The van der Waals surface area contributed by atoms with E-state index in [9.17, 15) is 13.2 Å². The van der Waals surface area contributed by atoms with Crippen molar-refractivity contribution in [2.45, 2.75) is 5.75 Å². The maximum Gasteiger partial charge on any atom is 0.265 e. The third-order valence-corrected chi connectivity index (χ3v) is 8.63. The number of piperazine rings is 1. The molecule has 0 unspecified atom stereocenters. The Labute approximate surface area is 183 Å². The van der Waals surface area contributed by atoms with Crippen LogP contribution in [0.5, 0.6) is 0 Å². The second kappa shape index (κ2) is 8.24. The second-order valence-electron chi connectivity index (χ2n) is 6.82. The second-order valence-corrected chi connectivity index (χ2v) is 10.7. The first-order valence-electron chi connectivity index (χ1n) is 9.04. The molecule has 2 heterocycles. The Morgan fingerprint density at radius 2 is 1.69 bits per heavy atom. The summed E-state index contributed by atoms with van der Waals surface area (Å²) in [5.41, 5.74) is 0.752. The predicted octanol–water partition coefficient (Wildman–Crippen LogP) is 4.50. The number of nitrogens with zero attached hydrogens (tertiary/aromatic N) is 2. The van der Waals surface area contributed by atoms with Crippen molar-refractivity contribution in [3.63, 3.8) is 0 Å². The van der Waals surface area contributed by atoms with Crippen molar-refractivity contribution >= 4 is 60.6 Å². The van der Waals surface area contributed by atoms with Gasteiger partial charge >= 0.3 is 0 Å². The van der Waals surface area contributed by atoms with Gasteiger partial charge in [0.1, 0.15) is 4.88 Å². The van der Waals surface area contributed by atoms with Gasteiger partial charge in [-0.1, -0.05) is 59.6 Å². The zero-order valence-corrected chi connectivity index (χ0v) is 18.5. The highest BCUT2D eigenvalue weighted by atomic mass is 35.5. The van der Waals surface area contributed by atoms with Crippen LogP contribution in [0.4, 0.5) is 0 Å². The Hall–Kier alpha value is -1.64. The predicted molar refractivity (Wildman–Crippen MR) is 118 cm³/mol. The summed E-state index contributed by atoms with van der Waals surface area (Å²) in [6.07, 6.45) is 0. The molecule has 5 nitrogen and oxygen atoms in total. The fraction of sp³-hybridized carbons (Fsp3) is 0.250. The van der Waals surface area contributed by atoms with Gasteiger partial charge in [0, 0.05) is 41.3 Å². The number of rotatable bonds is 4. The van der Waals surface area contributed by atoms with Crippen molar-refractivity contribution in [3.05, 3.63) is 69.0 Å². The first kappa shape index (κ1) is 20.6. The molecule has 1 aliphatic rings. The number of hydrogen-bond acceptors (Lipinski definition) is 4. The zero-order valence-electron chi connectivity index (χ0n) is 15.3. The number of carbonyl (C=O) groups is 1. The van der Waals surface area contributed by atoms with Gasteiger partial charge in [-0.15, -0.1) is 11.3 Å². The highest BCUT2D eigenvalue weighted by Crippen LogP contribution is 2.37. The van der Waals surface area contributed by atoms with Crippen LogP contribution in [0, 0.1) is 0 Å². The van der Waals surface area contributed by atoms with E-state index in [0.717, 1.165) is 15.6 Å². The van der Waals surface area contributed by atoms with Crippen molar-refractivity contribution in [1.29, 1.82) is 0 Å². The van der Waals surface area contributed by atoms with Crippen LogP contribution < -0.4 is 0 Å². The van der Waals surface area contributed by atoms with Crippen LogP contribution in [0.2, 0.25) is 10.0 Å². The van der Waals surface area contributed by atoms with Crippen molar-refractivity contribution in [2.24, 2.45) is 0 Å². The number of sulfonamides is 1. The third kappa shape index (κ3) is 4.29. The maximum absolute atomic E-state index is 13.0. The minimum atomic E-state index is -3.43. The number of amides is 1.